The van der Waals surface area contributed by atoms with Crippen LogP contribution in [0.15, 0.2) is 41.5 Å². The summed E-state index contributed by atoms with van der Waals surface area (Å²) in [4.78, 5) is 23.4. The second-order valence-corrected chi connectivity index (χ2v) is 6.83. The maximum atomic E-state index is 11.8. The molecule has 0 atom stereocenters. The molecule has 1 aromatic carbocycles. The van der Waals surface area contributed by atoms with Gasteiger partial charge in [-0.05, 0) is 12.5 Å². The van der Waals surface area contributed by atoms with E-state index < -0.39 is 0 Å². The van der Waals surface area contributed by atoms with Crippen LogP contribution in [0.1, 0.15) is 15.4 Å². The SMILES string of the molecule is Cc1cnc(CNC(=NCc2ccccc2)NCC(=O)N(C)C)s1. The number of carbonyl (C=O) groups excluding carboxylic acids is 1. The number of aromatic nitrogens is 1. The first-order valence-electron chi connectivity index (χ1n) is 7.72. The van der Waals surface area contributed by atoms with Crippen molar-refractivity contribution >= 4 is 23.2 Å². The van der Waals surface area contributed by atoms with E-state index in [-0.39, 0.29) is 12.5 Å². The lowest BCUT2D eigenvalue weighted by molar-refractivity contribution is -0.127. The van der Waals surface area contributed by atoms with E-state index in [1.807, 2.05) is 43.5 Å². The molecule has 0 spiro atoms. The van der Waals surface area contributed by atoms with Gasteiger partial charge in [0.1, 0.15) is 5.01 Å². The molecule has 2 N–H and O–H groups in total. The molecule has 0 radical (unpaired) electrons. The monoisotopic (exact) mass is 345 g/mol. The number of hydrogen-bond acceptors (Lipinski definition) is 4. The molecule has 0 unspecified atom stereocenters. The number of aryl methyl sites for hydroxylation is 1. The van der Waals surface area contributed by atoms with Gasteiger partial charge in [-0.1, -0.05) is 30.3 Å². The fraction of sp³-hybridized carbons (Fsp3) is 0.353. The molecule has 0 aliphatic carbocycles. The molecule has 0 aliphatic heterocycles. The molecule has 2 aromatic rings. The van der Waals surface area contributed by atoms with Crippen molar-refractivity contribution in [2.45, 2.75) is 20.0 Å². The lowest BCUT2D eigenvalue weighted by atomic mass is 10.2. The summed E-state index contributed by atoms with van der Waals surface area (Å²) in [5, 5.41) is 7.29. The topological polar surface area (TPSA) is 69.6 Å². The van der Waals surface area contributed by atoms with Crippen molar-refractivity contribution in [2.75, 3.05) is 20.6 Å². The van der Waals surface area contributed by atoms with Gasteiger partial charge in [-0.3, -0.25) is 4.79 Å². The summed E-state index contributed by atoms with van der Waals surface area (Å²) in [6.45, 7) is 3.35. The Morgan fingerprint density at radius 3 is 2.62 bits per heavy atom. The fourth-order valence-electron chi connectivity index (χ4n) is 1.89. The summed E-state index contributed by atoms with van der Waals surface area (Å²) in [5.74, 6) is 0.594. The third-order valence-electron chi connectivity index (χ3n) is 3.24. The normalized spacial score (nSPS) is 11.2. The molecule has 2 rings (SSSR count). The number of carbonyl (C=O) groups is 1. The van der Waals surface area contributed by atoms with E-state index in [9.17, 15) is 4.79 Å². The highest BCUT2D eigenvalue weighted by Gasteiger charge is 2.07. The Bertz CT molecular complexity index is 681. The largest absolute Gasteiger partial charge is 0.350 e. The van der Waals surface area contributed by atoms with Crippen LogP contribution < -0.4 is 10.6 Å². The predicted molar refractivity (Wildman–Crippen MR) is 98.0 cm³/mol. The Labute approximate surface area is 146 Å². The van der Waals surface area contributed by atoms with Crippen LogP contribution in [-0.4, -0.2) is 42.4 Å². The zero-order chi connectivity index (χ0) is 17.4. The highest BCUT2D eigenvalue weighted by molar-refractivity contribution is 7.11. The average molecular weight is 345 g/mol. The number of aliphatic imine (C=N–C) groups is 1. The van der Waals surface area contributed by atoms with Crippen molar-refractivity contribution in [3.63, 3.8) is 0 Å². The van der Waals surface area contributed by atoms with Crippen molar-refractivity contribution in [1.29, 1.82) is 0 Å². The van der Waals surface area contributed by atoms with E-state index in [1.54, 1.807) is 30.3 Å². The minimum Gasteiger partial charge on any atom is -0.350 e. The van der Waals surface area contributed by atoms with Crippen LogP contribution in [0, 0.1) is 6.92 Å². The van der Waals surface area contributed by atoms with Crippen molar-refractivity contribution in [3.05, 3.63) is 52.0 Å². The first-order chi connectivity index (χ1) is 11.5. The molecule has 24 heavy (non-hydrogen) atoms. The van der Waals surface area contributed by atoms with Crippen LogP contribution in [0.5, 0.6) is 0 Å². The molecule has 1 aromatic heterocycles. The fourth-order valence-corrected chi connectivity index (χ4v) is 2.61. The number of guanidine groups is 1. The smallest absolute Gasteiger partial charge is 0.241 e. The molecule has 0 saturated heterocycles. The van der Waals surface area contributed by atoms with E-state index in [1.165, 1.54) is 4.88 Å². The Hall–Kier alpha value is -2.41. The van der Waals surface area contributed by atoms with Crippen molar-refractivity contribution in [2.24, 2.45) is 4.99 Å². The van der Waals surface area contributed by atoms with Gasteiger partial charge in [-0.15, -0.1) is 11.3 Å². The van der Waals surface area contributed by atoms with Gasteiger partial charge >= 0.3 is 0 Å². The first-order valence-corrected chi connectivity index (χ1v) is 8.54. The van der Waals surface area contributed by atoms with Crippen LogP contribution >= 0.6 is 11.3 Å². The van der Waals surface area contributed by atoms with Gasteiger partial charge in [0.25, 0.3) is 0 Å². The van der Waals surface area contributed by atoms with Gasteiger partial charge in [-0.25, -0.2) is 9.98 Å². The quantitative estimate of drug-likeness (QED) is 0.618. The first kappa shape index (κ1) is 17.9. The van der Waals surface area contributed by atoms with Gasteiger partial charge in [-0.2, -0.15) is 0 Å². The molecule has 1 amide bonds. The Morgan fingerprint density at radius 2 is 2.00 bits per heavy atom. The minimum absolute atomic E-state index is 0.00527. The van der Waals surface area contributed by atoms with E-state index in [0.29, 0.717) is 19.0 Å². The molecule has 0 saturated carbocycles. The van der Waals surface area contributed by atoms with Gasteiger partial charge in [0, 0.05) is 25.2 Å². The van der Waals surface area contributed by atoms with Crippen LogP contribution in [0.25, 0.3) is 0 Å². The number of likely N-dealkylation sites (N-methyl/N-ethyl adjacent to an activating group) is 1. The molecular weight excluding hydrogens is 322 g/mol. The number of thiazole rings is 1. The van der Waals surface area contributed by atoms with Crippen LogP contribution in [0.4, 0.5) is 0 Å². The Kier molecular flexibility index (Phi) is 6.74. The predicted octanol–water partition coefficient (Wildman–Crippen LogP) is 1.78. The third-order valence-corrected chi connectivity index (χ3v) is 4.16. The summed E-state index contributed by atoms with van der Waals surface area (Å²) in [7, 11) is 3.47. The molecule has 1 heterocycles. The minimum atomic E-state index is -0.00527. The van der Waals surface area contributed by atoms with E-state index in [4.69, 9.17) is 0 Å². The molecule has 0 bridgehead atoms. The number of amides is 1. The molecule has 0 fully saturated rings. The van der Waals surface area contributed by atoms with Gasteiger partial charge < -0.3 is 15.5 Å². The van der Waals surface area contributed by atoms with E-state index in [2.05, 4.69) is 20.6 Å². The maximum absolute atomic E-state index is 11.8. The summed E-state index contributed by atoms with van der Waals surface area (Å²) in [6, 6.07) is 10.00. The lowest BCUT2D eigenvalue weighted by Crippen LogP contribution is -2.42. The van der Waals surface area contributed by atoms with E-state index in [0.717, 1.165) is 10.6 Å². The highest BCUT2D eigenvalue weighted by atomic mass is 32.1. The third kappa shape index (κ3) is 6.00. The standard InChI is InChI=1S/C17H23N5OS/c1-13-9-18-15(24-13)11-20-17(21-12-16(23)22(2)3)19-10-14-7-5-4-6-8-14/h4-9H,10-12H2,1-3H3,(H2,19,20,21). The maximum Gasteiger partial charge on any atom is 0.241 e. The zero-order valence-electron chi connectivity index (χ0n) is 14.2. The number of rotatable bonds is 6. The Balaban J connectivity index is 1.98. The number of benzene rings is 1. The Morgan fingerprint density at radius 1 is 1.25 bits per heavy atom. The van der Waals surface area contributed by atoms with Crippen LogP contribution in [0.3, 0.4) is 0 Å². The zero-order valence-corrected chi connectivity index (χ0v) is 15.1. The van der Waals surface area contributed by atoms with Gasteiger partial charge in [0.2, 0.25) is 5.91 Å². The second-order valence-electron chi connectivity index (χ2n) is 5.51. The second kappa shape index (κ2) is 9.02. The van der Waals surface area contributed by atoms with E-state index >= 15 is 0 Å². The van der Waals surface area contributed by atoms with Crippen molar-refractivity contribution in [3.8, 4) is 0 Å². The molecule has 0 aliphatic rings. The summed E-state index contributed by atoms with van der Waals surface area (Å²) in [6.07, 6.45) is 1.85. The molecule has 7 heteroatoms. The summed E-state index contributed by atoms with van der Waals surface area (Å²) in [5.41, 5.74) is 1.11. The van der Waals surface area contributed by atoms with Gasteiger partial charge in [0.15, 0.2) is 5.96 Å². The molecule has 128 valence electrons. The molecule has 6 nitrogen and oxygen atoms in total. The van der Waals surface area contributed by atoms with Crippen LogP contribution in [-0.2, 0) is 17.9 Å². The lowest BCUT2D eigenvalue weighted by Gasteiger charge is -2.14. The van der Waals surface area contributed by atoms with Crippen molar-refractivity contribution in [1.82, 2.24) is 20.5 Å². The highest BCUT2D eigenvalue weighted by Crippen LogP contribution is 2.10. The number of hydrogen-bond donors (Lipinski definition) is 2. The van der Waals surface area contributed by atoms with Gasteiger partial charge in [0.05, 0.1) is 19.6 Å². The number of nitrogens with one attached hydrogen (secondary N) is 2. The average Bonchev–Trinajstić information content (AvgIpc) is 3.00. The summed E-state index contributed by atoms with van der Waals surface area (Å²) < 4.78 is 0. The van der Waals surface area contributed by atoms with Crippen LogP contribution in [0.2, 0.25) is 0 Å². The van der Waals surface area contributed by atoms with Crippen molar-refractivity contribution < 1.29 is 4.79 Å². The summed E-state index contributed by atoms with van der Waals surface area (Å²) >= 11 is 1.64. The number of nitrogens with zero attached hydrogens (tertiary/aromatic N) is 3. The molecular formula is C17H23N5OS.